The molecule has 1 unspecified atom stereocenters. The molecule has 0 aromatic rings. The second kappa shape index (κ2) is 7.01. The van der Waals surface area contributed by atoms with Gasteiger partial charge in [0, 0.05) is 11.3 Å². The third-order valence-corrected chi connectivity index (χ3v) is 5.13. The van der Waals surface area contributed by atoms with E-state index in [1.807, 2.05) is 11.8 Å². The highest BCUT2D eigenvalue weighted by Crippen LogP contribution is 2.24. The van der Waals surface area contributed by atoms with Gasteiger partial charge in [-0.25, -0.2) is 0 Å². The van der Waals surface area contributed by atoms with E-state index in [0.29, 0.717) is 11.5 Å². The number of hydrogen-bond donors (Lipinski definition) is 1. The third-order valence-electron chi connectivity index (χ3n) is 4.00. The van der Waals surface area contributed by atoms with Crippen molar-refractivity contribution >= 4 is 11.8 Å². The van der Waals surface area contributed by atoms with Crippen LogP contribution in [0.1, 0.15) is 40.0 Å². The Kier molecular flexibility index (Phi) is 6.32. The van der Waals surface area contributed by atoms with Crippen LogP contribution in [0.5, 0.6) is 0 Å². The molecule has 2 nitrogen and oxygen atoms in total. The Bertz CT molecular complexity index is 205. The molecule has 0 amide bonds. The molecule has 0 radical (unpaired) electrons. The number of hydrogen-bond acceptors (Lipinski definition) is 3. The van der Waals surface area contributed by atoms with Crippen molar-refractivity contribution in [1.82, 2.24) is 10.2 Å². The molecule has 1 atom stereocenters. The summed E-state index contributed by atoms with van der Waals surface area (Å²) in [5.41, 5.74) is 0.367. The van der Waals surface area contributed by atoms with Gasteiger partial charge in [-0.15, -0.1) is 0 Å². The number of piperidine rings is 1. The van der Waals surface area contributed by atoms with E-state index >= 15 is 0 Å². The van der Waals surface area contributed by atoms with E-state index in [-0.39, 0.29) is 0 Å². The van der Waals surface area contributed by atoms with Crippen molar-refractivity contribution in [2.45, 2.75) is 51.3 Å². The normalized spacial score (nSPS) is 21.7. The lowest BCUT2D eigenvalue weighted by Gasteiger charge is -2.35. The summed E-state index contributed by atoms with van der Waals surface area (Å²) >= 11 is 2.04. The van der Waals surface area contributed by atoms with Crippen molar-refractivity contribution in [3.8, 4) is 0 Å². The molecular formula is C14H30N2S. The summed E-state index contributed by atoms with van der Waals surface area (Å²) in [7, 11) is 2.09. The summed E-state index contributed by atoms with van der Waals surface area (Å²) in [5, 5.41) is 4.38. The van der Waals surface area contributed by atoms with Crippen LogP contribution in [0.4, 0.5) is 0 Å². The van der Waals surface area contributed by atoms with Crippen molar-refractivity contribution in [2.24, 2.45) is 5.41 Å². The molecule has 0 spiro atoms. The van der Waals surface area contributed by atoms with Crippen LogP contribution in [0, 0.1) is 5.41 Å². The first kappa shape index (κ1) is 15.3. The fourth-order valence-electron chi connectivity index (χ4n) is 2.69. The maximum Gasteiger partial charge on any atom is 0.0125 e. The van der Waals surface area contributed by atoms with Gasteiger partial charge in [0.2, 0.25) is 0 Å². The summed E-state index contributed by atoms with van der Waals surface area (Å²) in [6.07, 6.45) is 6.27. The van der Waals surface area contributed by atoms with Gasteiger partial charge in [-0.3, -0.25) is 0 Å². The Morgan fingerprint density at radius 3 is 2.29 bits per heavy atom. The van der Waals surface area contributed by atoms with E-state index in [9.17, 15) is 0 Å². The molecule has 1 heterocycles. The van der Waals surface area contributed by atoms with Crippen molar-refractivity contribution in [2.75, 3.05) is 32.9 Å². The van der Waals surface area contributed by atoms with Crippen LogP contribution in [-0.2, 0) is 0 Å². The Balaban J connectivity index is 2.27. The van der Waals surface area contributed by atoms with Crippen LogP contribution < -0.4 is 5.32 Å². The van der Waals surface area contributed by atoms with Crippen molar-refractivity contribution in [3.05, 3.63) is 0 Å². The first-order valence-corrected chi connectivity index (χ1v) is 8.18. The van der Waals surface area contributed by atoms with Gasteiger partial charge in [0.05, 0.1) is 0 Å². The van der Waals surface area contributed by atoms with Gasteiger partial charge in [0.25, 0.3) is 0 Å². The van der Waals surface area contributed by atoms with Gasteiger partial charge < -0.3 is 10.2 Å². The minimum Gasteiger partial charge on any atom is -0.316 e. The van der Waals surface area contributed by atoms with Crippen LogP contribution in [0.2, 0.25) is 0 Å². The molecule has 1 aliphatic rings. The van der Waals surface area contributed by atoms with Gasteiger partial charge in [-0.2, -0.15) is 11.8 Å². The van der Waals surface area contributed by atoms with Crippen molar-refractivity contribution in [3.63, 3.8) is 0 Å². The highest BCUT2D eigenvalue weighted by Gasteiger charge is 2.24. The first-order valence-electron chi connectivity index (χ1n) is 6.89. The molecule has 1 fully saturated rings. The smallest absolute Gasteiger partial charge is 0.0125 e. The van der Waals surface area contributed by atoms with Crippen LogP contribution in [0.3, 0.4) is 0 Å². The fraction of sp³-hybridized carbons (Fsp3) is 1.00. The molecule has 0 bridgehead atoms. The summed E-state index contributed by atoms with van der Waals surface area (Å²) in [4.78, 5) is 2.64. The zero-order chi connectivity index (χ0) is 12.9. The predicted octanol–water partition coefficient (Wildman–Crippen LogP) is 2.84. The van der Waals surface area contributed by atoms with Crippen LogP contribution in [-0.4, -0.2) is 49.1 Å². The van der Waals surface area contributed by atoms with Crippen molar-refractivity contribution in [1.29, 1.82) is 0 Å². The molecule has 0 saturated carbocycles. The van der Waals surface area contributed by atoms with E-state index in [0.717, 1.165) is 5.25 Å². The average Bonchev–Trinajstić information content (AvgIpc) is 2.29. The van der Waals surface area contributed by atoms with E-state index in [1.54, 1.807) is 0 Å². The quantitative estimate of drug-likeness (QED) is 0.816. The van der Waals surface area contributed by atoms with Crippen molar-refractivity contribution < 1.29 is 0 Å². The number of thioether (sulfide) groups is 1. The Morgan fingerprint density at radius 2 is 1.88 bits per heavy atom. The fourth-order valence-corrected chi connectivity index (χ4v) is 3.37. The number of likely N-dealkylation sites (tertiary alicyclic amines) is 1. The topological polar surface area (TPSA) is 15.3 Å². The number of nitrogens with zero attached hydrogens (tertiary/aromatic N) is 1. The molecule has 1 rings (SSSR count). The minimum absolute atomic E-state index is 0.367. The molecular weight excluding hydrogens is 228 g/mol. The standard InChI is InChI=1S/C14H30N2S/c1-14(2,3)13(15-4)8-11-16-9-6-12(17-5)7-10-16/h12-13,15H,6-11H2,1-5H3. The second-order valence-electron chi connectivity index (χ2n) is 6.27. The maximum absolute atomic E-state index is 3.47. The molecule has 0 aromatic heterocycles. The second-order valence-corrected chi connectivity index (χ2v) is 7.41. The zero-order valence-corrected chi connectivity index (χ0v) is 13.1. The first-order chi connectivity index (χ1) is 7.97. The summed E-state index contributed by atoms with van der Waals surface area (Å²) in [6, 6.07) is 0.626. The molecule has 17 heavy (non-hydrogen) atoms. The Hall–Kier alpha value is 0.270. The number of rotatable bonds is 5. The Morgan fingerprint density at radius 1 is 1.29 bits per heavy atom. The van der Waals surface area contributed by atoms with Crippen LogP contribution in [0.15, 0.2) is 0 Å². The summed E-state index contributed by atoms with van der Waals surface area (Å²) < 4.78 is 0. The zero-order valence-electron chi connectivity index (χ0n) is 12.3. The van der Waals surface area contributed by atoms with Gasteiger partial charge in [0.15, 0.2) is 0 Å². The summed E-state index contributed by atoms with van der Waals surface area (Å²) in [6.45, 7) is 10.8. The van der Waals surface area contributed by atoms with E-state index in [4.69, 9.17) is 0 Å². The monoisotopic (exact) mass is 258 g/mol. The predicted molar refractivity (Wildman–Crippen MR) is 79.9 cm³/mol. The lowest BCUT2D eigenvalue weighted by atomic mass is 9.84. The molecule has 0 aromatic carbocycles. The molecule has 102 valence electrons. The molecule has 1 aliphatic heterocycles. The molecule has 1 saturated heterocycles. The summed E-state index contributed by atoms with van der Waals surface area (Å²) in [5.74, 6) is 0. The largest absolute Gasteiger partial charge is 0.316 e. The maximum atomic E-state index is 3.47. The molecule has 0 aliphatic carbocycles. The SMILES string of the molecule is CNC(CCN1CCC(SC)CC1)C(C)(C)C. The van der Waals surface area contributed by atoms with Crippen LogP contribution in [0.25, 0.3) is 0 Å². The highest BCUT2D eigenvalue weighted by atomic mass is 32.2. The van der Waals surface area contributed by atoms with Gasteiger partial charge in [0.1, 0.15) is 0 Å². The average molecular weight is 258 g/mol. The molecule has 1 N–H and O–H groups in total. The minimum atomic E-state index is 0.367. The van der Waals surface area contributed by atoms with Gasteiger partial charge in [-0.1, -0.05) is 20.8 Å². The Labute approximate surface area is 112 Å². The van der Waals surface area contributed by atoms with Gasteiger partial charge in [-0.05, 0) is 57.6 Å². The van der Waals surface area contributed by atoms with E-state index < -0.39 is 0 Å². The van der Waals surface area contributed by atoms with E-state index in [1.165, 1.54) is 38.9 Å². The lowest BCUT2D eigenvalue weighted by molar-refractivity contribution is 0.190. The van der Waals surface area contributed by atoms with E-state index in [2.05, 4.69) is 44.3 Å². The molecule has 3 heteroatoms. The lowest BCUT2D eigenvalue weighted by Crippen LogP contribution is -2.43. The van der Waals surface area contributed by atoms with Gasteiger partial charge >= 0.3 is 0 Å². The number of nitrogens with one attached hydrogen (secondary N) is 1. The van der Waals surface area contributed by atoms with Crippen LogP contribution >= 0.6 is 11.8 Å². The highest BCUT2D eigenvalue weighted by molar-refractivity contribution is 7.99. The third kappa shape index (κ3) is 5.19.